The van der Waals surface area contributed by atoms with Gasteiger partial charge in [-0.2, -0.15) is 16.4 Å². The minimum atomic E-state index is -0.0258. The number of fused-ring (bicyclic) bond motifs is 2. The third-order valence-electron chi connectivity index (χ3n) is 5.84. The fraction of sp³-hybridized carbons (Fsp3) is 0.115. The molecule has 0 saturated carbocycles. The van der Waals surface area contributed by atoms with E-state index in [0.717, 1.165) is 62.1 Å². The van der Waals surface area contributed by atoms with Gasteiger partial charge in [0, 0.05) is 51.6 Å². The Balaban J connectivity index is 1.40. The van der Waals surface area contributed by atoms with Gasteiger partial charge < -0.3 is 10.3 Å². The first-order valence-electron chi connectivity index (χ1n) is 11.3. The van der Waals surface area contributed by atoms with Crippen molar-refractivity contribution in [2.45, 2.75) is 19.8 Å². The molecule has 0 aliphatic heterocycles. The largest absolute Gasteiger partial charge is 0.353 e. The number of rotatable bonds is 6. The highest BCUT2D eigenvalue weighted by Crippen LogP contribution is 2.34. The number of aromatic amines is 2. The van der Waals surface area contributed by atoms with Crippen molar-refractivity contribution in [1.82, 2.24) is 30.1 Å². The molecule has 0 radical (unpaired) electrons. The van der Waals surface area contributed by atoms with E-state index in [1.807, 2.05) is 31.3 Å². The summed E-state index contributed by atoms with van der Waals surface area (Å²) in [7, 11) is 0. The minimum absolute atomic E-state index is 0.0258. The topological polar surface area (TPSA) is 112 Å². The molecule has 6 aromatic heterocycles. The van der Waals surface area contributed by atoms with Crippen molar-refractivity contribution in [3.05, 3.63) is 65.9 Å². The van der Waals surface area contributed by atoms with Crippen molar-refractivity contribution in [2.24, 2.45) is 0 Å². The van der Waals surface area contributed by atoms with Crippen LogP contribution in [0.1, 0.15) is 19.8 Å². The summed E-state index contributed by atoms with van der Waals surface area (Å²) in [5.74, 6) is -0.0258. The van der Waals surface area contributed by atoms with Gasteiger partial charge in [0.2, 0.25) is 5.91 Å². The van der Waals surface area contributed by atoms with E-state index in [1.165, 1.54) is 0 Å². The van der Waals surface area contributed by atoms with E-state index in [9.17, 15) is 4.79 Å². The average Bonchev–Trinajstić information content (AvgIpc) is 3.63. The van der Waals surface area contributed by atoms with Crippen molar-refractivity contribution in [3.63, 3.8) is 0 Å². The number of carbonyl (C=O) groups excluding carboxylic acids is 1. The number of H-pyrrole nitrogens is 2. The van der Waals surface area contributed by atoms with Crippen LogP contribution in [-0.4, -0.2) is 36.0 Å². The maximum Gasteiger partial charge on any atom is 0.224 e. The van der Waals surface area contributed by atoms with Crippen LogP contribution in [0.3, 0.4) is 0 Å². The summed E-state index contributed by atoms with van der Waals surface area (Å²) >= 11 is 1.65. The number of nitrogens with zero attached hydrogens (tertiary/aromatic N) is 4. The smallest absolute Gasteiger partial charge is 0.224 e. The molecule has 0 aliphatic carbocycles. The first kappa shape index (κ1) is 21.2. The molecule has 0 saturated heterocycles. The lowest BCUT2D eigenvalue weighted by molar-refractivity contribution is -0.116. The Bertz CT molecular complexity index is 1670. The van der Waals surface area contributed by atoms with Crippen LogP contribution in [0.5, 0.6) is 0 Å². The molecule has 35 heavy (non-hydrogen) atoms. The summed E-state index contributed by atoms with van der Waals surface area (Å²) in [4.78, 5) is 29.0. The molecule has 172 valence electrons. The van der Waals surface area contributed by atoms with Crippen LogP contribution < -0.4 is 5.32 Å². The van der Waals surface area contributed by atoms with Crippen LogP contribution in [0.25, 0.3) is 55.7 Å². The zero-order valence-corrected chi connectivity index (χ0v) is 19.7. The van der Waals surface area contributed by atoms with E-state index < -0.39 is 0 Å². The fourth-order valence-electron chi connectivity index (χ4n) is 4.19. The Morgan fingerprint density at radius 3 is 2.77 bits per heavy atom. The lowest BCUT2D eigenvalue weighted by Crippen LogP contribution is -2.10. The molecule has 6 heterocycles. The van der Waals surface area contributed by atoms with Crippen LogP contribution in [0.2, 0.25) is 0 Å². The zero-order valence-electron chi connectivity index (χ0n) is 18.9. The van der Waals surface area contributed by atoms with Crippen LogP contribution in [-0.2, 0) is 4.79 Å². The van der Waals surface area contributed by atoms with Gasteiger partial charge in [0.25, 0.3) is 0 Å². The first-order valence-corrected chi connectivity index (χ1v) is 12.2. The highest BCUT2D eigenvalue weighted by molar-refractivity contribution is 7.08. The van der Waals surface area contributed by atoms with Gasteiger partial charge in [0.15, 0.2) is 0 Å². The molecule has 6 rings (SSSR count). The van der Waals surface area contributed by atoms with Crippen molar-refractivity contribution >= 4 is 44.7 Å². The second-order valence-electron chi connectivity index (χ2n) is 8.26. The van der Waals surface area contributed by atoms with Gasteiger partial charge in [-0.1, -0.05) is 6.92 Å². The van der Waals surface area contributed by atoms with E-state index in [-0.39, 0.29) is 5.91 Å². The molecular formula is C26H21N7OS. The van der Waals surface area contributed by atoms with E-state index in [0.29, 0.717) is 12.1 Å². The summed E-state index contributed by atoms with van der Waals surface area (Å²) < 4.78 is 0. The second-order valence-corrected chi connectivity index (χ2v) is 9.04. The molecular weight excluding hydrogens is 458 g/mol. The number of pyridine rings is 3. The van der Waals surface area contributed by atoms with Crippen LogP contribution in [0.15, 0.2) is 65.9 Å². The maximum atomic E-state index is 12.0. The Hall–Kier alpha value is -4.37. The number of aromatic nitrogens is 6. The molecule has 0 bridgehead atoms. The average molecular weight is 480 g/mol. The number of thiophene rings is 1. The van der Waals surface area contributed by atoms with Crippen LogP contribution >= 0.6 is 11.3 Å². The third-order valence-corrected chi connectivity index (χ3v) is 6.52. The number of carbonyl (C=O) groups is 1. The van der Waals surface area contributed by atoms with Crippen molar-refractivity contribution in [3.8, 4) is 33.9 Å². The van der Waals surface area contributed by atoms with Gasteiger partial charge in [0.1, 0.15) is 5.69 Å². The number of amides is 1. The summed E-state index contributed by atoms with van der Waals surface area (Å²) in [5, 5.41) is 16.7. The number of anilines is 1. The maximum absolute atomic E-state index is 12.0. The number of hydrogen-bond acceptors (Lipinski definition) is 6. The molecule has 0 spiro atoms. The lowest BCUT2D eigenvalue weighted by Gasteiger charge is -2.06. The second kappa shape index (κ2) is 8.77. The molecule has 0 aliphatic rings. The molecule has 1 amide bonds. The van der Waals surface area contributed by atoms with Crippen LogP contribution in [0, 0.1) is 0 Å². The minimum Gasteiger partial charge on any atom is -0.353 e. The van der Waals surface area contributed by atoms with Crippen molar-refractivity contribution in [1.29, 1.82) is 0 Å². The standard InChI is InChI=1S/C26H21N7OS/c1-2-3-24(34)30-17-8-16(11-27-12-17)21-9-19-23(13-29-21)32-33-26(19)22-10-18-20(31-22)4-6-28-25(18)15-5-7-35-14-15/h4-14,31H,2-3H2,1H3,(H,30,34)(H,32,33). The fourth-order valence-corrected chi connectivity index (χ4v) is 4.83. The first-order chi connectivity index (χ1) is 17.2. The zero-order chi connectivity index (χ0) is 23.8. The molecule has 0 unspecified atom stereocenters. The van der Waals surface area contributed by atoms with Gasteiger partial charge in [-0.15, -0.1) is 0 Å². The lowest BCUT2D eigenvalue weighted by atomic mass is 10.1. The molecule has 0 atom stereocenters. The van der Waals surface area contributed by atoms with Gasteiger partial charge in [-0.3, -0.25) is 24.8 Å². The Morgan fingerprint density at radius 1 is 1.00 bits per heavy atom. The highest BCUT2D eigenvalue weighted by atomic mass is 32.1. The molecule has 8 nitrogen and oxygen atoms in total. The Labute approximate surface area is 204 Å². The Morgan fingerprint density at radius 2 is 1.91 bits per heavy atom. The molecule has 0 aromatic carbocycles. The predicted octanol–water partition coefficient (Wildman–Crippen LogP) is 6.03. The highest BCUT2D eigenvalue weighted by Gasteiger charge is 2.16. The monoisotopic (exact) mass is 479 g/mol. The normalized spacial score (nSPS) is 11.3. The van der Waals surface area contributed by atoms with Crippen molar-refractivity contribution < 1.29 is 4.79 Å². The summed E-state index contributed by atoms with van der Waals surface area (Å²) in [6, 6.07) is 10.0. The van der Waals surface area contributed by atoms with Crippen molar-refractivity contribution in [2.75, 3.05) is 5.32 Å². The van der Waals surface area contributed by atoms with Gasteiger partial charge in [-0.25, -0.2) is 0 Å². The molecule has 0 fully saturated rings. The number of nitrogens with one attached hydrogen (secondary N) is 3. The number of hydrogen-bond donors (Lipinski definition) is 3. The predicted molar refractivity (Wildman–Crippen MR) is 139 cm³/mol. The molecule has 3 N–H and O–H groups in total. The quantitative estimate of drug-likeness (QED) is 0.270. The molecule has 9 heteroatoms. The van der Waals surface area contributed by atoms with E-state index in [2.05, 4.69) is 58.3 Å². The van der Waals surface area contributed by atoms with Crippen LogP contribution in [0.4, 0.5) is 5.69 Å². The van der Waals surface area contributed by atoms with Gasteiger partial charge >= 0.3 is 0 Å². The molecule has 6 aromatic rings. The van der Waals surface area contributed by atoms with Gasteiger partial charge in [-0.05, 0) is 42.1 Å². The van der Waals surface area contributed by atoms with E-state index in [1.54, 1.807) is 29.9 Å². The van der Waals surface area contributed by atoms with E-state index in [4.69, 9.17) is 0 Å². The summed E-state index contributed by atoms with van der Waals surface area (Å²) in [6.07, 6.45) is 8.23. The Kier molecular flexibility index (Phi) is 5.31. The van der Waals surface area contributed by atoms with Gasteiger partial charge in [0.05, 0.1) is 40.7 Å². The summed E-state index contributed by atoms with van der Waals surface area (Å²) in [5.41, 5.74) is 7.79. The SMILES string of the molecule is CCCC(=O)Nc1cncc(-c2cc3c(-c4cc5c(-c6ccsc6)nccc5[nH]4)n[nH]c3cn2)c1. The summed E-state index contributed by atoms with van der Waals surface area (Å²) in [6.45, 7) is 1.97. The van der Waals surface area contributed by atoms with E-state index >= 15 is 0 Å². The third kappa shape index (κ3) is 3.95.